The second-order valence-electron chi connectivity index (χ2n) is 3.68. The first kappa shape index (κ1) is 12.7. The summed E-state index contributed by atoms with van der Waals surface area (Å²) in [5, 5.41) is 17.5. The van der Waals surface area contributed by atoms with Crippen LogP contribution in [0.15, 0.2) is 18.2 Å². The number of nitriles is 2. The van der Waals surface area contributed by atoms with E-state index in [1.165, 1.54) is 13.2 Å². The highest BCUT2D eigenvalue weighted by Gasteiger charge is 2.13. The van der Waals surface area contributed by atoms with Crippen LogP contribution < -0.4 is 4.74 Å². The van der Waals surface area contributed by atoms with Gasteiger partial charge in [-0.2, -0.15) is 10.5 Å². The molecule has 0 bridgehead atoms. The van der Waals surface area contributed by atoms with E-state index < -0.39 is 0 Å². The van der Waals surface area contributed by atoms with Crippen LogP contribution in [0.3, 0.4) is 0 Å². The lowest BCUT2D eigenvalue weighted by Gasteiger charge is -2.06. The quantitative estimate of drug-likeness (QED) is 0.741. The van der Waals surface area contributed by atoms with E-state index in [-0.39, 0.29) is 18.1 Å². The van der Waals surface area contributed by atoms with Gasteiger partial charge < -0.3 is 4.74 Å². The standard InChI is InChI=1S/C13H12N2O2/c1-9(7-14)5-12(16)10-3-4-13(17-2)11(6-10)8-15/h3-4,6,9H,5H2,1-2H3. The lowest BCUT2D eigenvalue weighted by molar-refractivity contribution is 0.0972. The third-order valence-electron chi connectivity index (χ3n) is 2.35. The number of rotatable bonds is 4. The smallest absolute Gasteiger partial charge is 0.164 e. The maximum absolute atomic E-state index is 11.8. The summed E-state index contributed by atoms with van der Waals surface area (Å²) in [6, 6.07) is 8.65. The fourth-order valence-corrected chi connectivity index (χ4v) is 1.41. The number of carbonyl (C=O) groups is 1. The summed E-state index contributed by atoms with van der Waals surface area (Å²) >= 11 is 0. The van der Waals surface area contributed by atoms with E-state index >= 15 is 0 Å². The maximum atomic E-state index is 11.8. The van der Waals surface area contributed by atoms with Gasteiger partial charge in [-0.05, 0) is 25.1 Å². The molecule has 0 aliphatic heterocycles. The molecular weight excluding hydrogens is 216 g/mol. The summed E-state index contributed by atoms with van der Waals surface area (Å²) in [4.78, 5) is 11.8. The molecule has 0 aliphatic carbocycles. The largest absolute Gasteiger partial charge is 0.495 e. The summed E-state index contributed by atoms with van der Waals surface area (Å²) in [6.45, 7) is 1.69. The molecule has 17 heavy (non-hydrogen) atoms. The maximum Gasteiger partial charge on any atom is 0.164 e. The van der Waals surface area contributed by atoms with Gasteiger partial charge in [-0.1, -0.05) is 0 Å². The Morgan fingerprint density at radius 1 is 1.47 bits per heavy atom. The average molecular weight is 228 g/mol. The van der Waals surface area contributed by atoms with E-state index in [1.54, 1.807) is 19.1 Å². The molecular formula is C13H12N2O2. The van der Waals surface area contributed by atoms with Gasteiger partial charge in [0, 0.05) is 12.0 Å². The molecule has 1 aromatic rings. The van der Waals surface area contributed by atoms with E-state index in [4.69, 9.17) is 15.3 Å². The third-order valence-corrected chi connectivity index (χ3v) is 2.35. The number of hydrogen-bond donors (Lipinski definition) is 0. The van der Waals surface area contributed by atoms with Crippen molar-refractivity contribution in [1.29, 1.82) is 10.5 Å². The molecule has 0 N–H and O–H groups in total. The molecule has 4 heteroatoms. The minimum atomic E-state index is -0.324. The van der Waals surface area contributed by atoms with Crippen LogP contribution in [0.1, 0.15) is 29.3 Å². The molecule has 0 amide bonds. The van der Waals surface area contributed by atoms with Crippen molar-refractivity contribution in [2.24, 2.45) is 5.92 Å². The molecule has 4 nitrogen and oxygen atoms in total. The van der Waals surface area contributed by atoms with Crippen molar-refractivity contribution < 1.29 is 9.53 Å². The summed E-state index contributed by atoms with van der Waals surface area (Å²) in [6.07, 6.45) is 0.160. The van der Waals surface area contributed by atoms with E-state index in [0.717, 1.165) is 0 Å². The summed E-state index contributed by atoms with van der Waals surface area (Å²) in [5.74, 6) is -0.0225. The van der Waals surface area contributed by atoms with Gasteiger partial charge in [0.15, 0.2) is 5.78 Å². The van der Waals surface area contributed by atoms with Crippen LogP contribution in [-0.4, -0.2) is 12.9 Å². The van der Waals surface area contributed by atoms with Crippen LogP contribution in [0.5, 0.6) is 5.75 Å². The van der Waals surface area contributed by atoms with Crippen molar-refractivity contribution in [1.82, 2.24) is 0 Å². The van der Waals surface area contributed by atoms with Gasteiger partial charge in [0.1, 0.15) is 11.8 Å². The number of methoxy groups -OCH3 is 1. The molecule has 0 saturated carbocycles. The normalized spacial score (nSPS) is 11.1. The summed E-state index contributed by atoms with van der Waals surface area (Å²) in [7, 11) is 1.47. The lowest BCUT2D eigenvalue weighted by atomic mass is 9.99. The molecule has 0 spiro atoms. The molecule has 1 rings (SSSR count). The van der Waals surface area contributed by atoms with Crippen LogP contribution in [-0.2, 0) is 0 Å². The molecule has 86 valence electrons. The second-order valence-corrected chi connectivity index (χ2v) is 3.68. The molecule has 0 aromatic heterocycles. The Hall–Kier alpha value is -2.33. The number of Topliss-reactive ketones (excluding diaryl/α,β-unsaturated/α-hetero) is 1. The summed E-state index contributed by atoms with van der Waals surface area (Å²) in [5.41, 5.74) is 0.757. The molecule has 0 fully saturated rings. The number of nitrogens with zero attached hydrogens (tertiary/aromatic N) is 2. The Bertz CT molecular complexity index is 509. The highest BCUT2D eigenvalue weighted by Crippen LogP contribution is 2.20. The van der Waals surface area contributed by atoms with Gasteiger partial charge in [0.25, 0.3) is 0 Å². The first-order valence-electron chi connectivity index (χ1n) is 5.13. The van der Waals surface area contributed by atoms with Crippen molar-refractivity contribution in [2.75, 3.05) is 7.11 Å². The van der Waals surface area contributed by atoms with Crippen molar-refractivity contribution >= 4 is 5.78 Å². The topological polar surface area (TPSA) is 73.9 Å². The van der Waals surface area contributed by atoms with Crippen molar-refractivity contribution in [3.63, 3.8) is 0 Å². The van der Waals surface area contributed by atoms with Gasteiger partial charge in [-0.3, -0.25) is 4.79 Å². The van der Waals surface area contributed by atoms with Gasteiger partial charge in [0.2, 0.25) is 0 Å². The van der Waals surface area contributed by atoms with Crippen LogP contribution in [0.4, 0.5) is 0 Å². The number of ether oxygens (including phenoxy) is 1. The highest BCUT2D eigenvalue weighted by molar-refractivity contribution is 5.96. The molecule has 1 unspecified atom stereocenters. The molecule has 1 aromatic carbocycles. The van der Waals surface area contributed by atoms with Crippen LogP contribution in [0, 0.1) is 28.6 Å². The van der Waals surface area contributed by atoms with Gasteiger partial charge >= 0.3 is 0 Å². The predicted molar refractivity (Wildman–Crippen MR) is 61.4 cm³/mol. The SMILES string of the molecule is COc1ccc(C(=O)CC(C)C#N)cc1C#N. The number of benzene rings is 1. The molecule has 0 aliphatic rings. The number of carbonyl (C=O) groups excluding carboxylic acids is 1. The zero-order valence-corrected chi connectivity index (χ0v) is 9.73. The highest BCUT2D eigenvalue weighted by atomic mass is 16.5. The minimum Gasteiger partial charge on any atom is -0.495 e. The Morgan fingerprint density at radius 2 is 2.18 bits per heavy atom. The monoisotopic (exact) mass is 228 g/mol. The van der Waals surface area contributed by atoms with Gasteiger partial charge in [-0.25, -0.2) is 0 Å². The number of hydrogen-bond acceptors (Lipinski definition) is 4. The van der Waals surface area contributed by atoms with Crippen molar-refractivity contribution in [3.05, 3.63) is 29.3 Å². The Kier molecular flexibility index (Phi) is 4.25. The van der Waals surface area contributed by atoms with E-state index in [2.05, 4.69) is 0 Å². The molecule has 0 heterocycles. The first-order valence-corrected chi connectivity index (χ1v) is 5.13. The van der Waals surface area contributed by atoms with Crippen molar-refractivity contribution in [3.8, 4) is 17.9 Å². The Balaban J connectivity index is 2.98. The fourth-order valence-electron chi connectivity index (χ4n) is 1.41. The van der Waals surface area contributed by atoms with Gasteiger partial charge in [0.05, 0.1) is 24.7 Å². The lowest BCUT2D eigenvalue weighted by Crippen LogP contribution is -2.05. The van der Waals surface area contributed by atoms with Crippen molar-refractivity contribution in [2.45, 2.75) is 13.3 Å². The number of ketones is 1. The average Bonchev–Trinajstić information content (AvgIpc) is 2.37. The zero-order valence-electron chi connectivity index (χ0n) is 9.73. The van der Waals surface area contributed by atoms with E-state index in [1.807, 2.05) is 12.1 Å². The molecule has 0 saturated heterocycles. The van der Waals surface area contributed by atoms with Crippen LogP contribution >= 0.6 is 0 Å². The molecule has 0 radical (unpaired) electrons. The third kappa shape index (κ3) is 3.06. The van der Waals surface area contributed by atoms with E-state index in [9.17, 15) is 4.79 Å². The Labute approximate surface area is 100 Å². The van der Waals surface area contributed by atoms with E-state index in [0.29, 0.717) is 16.9 Å². The Morgan fingerprint density at radius 3 is 2.71 bits per heavy atom. The predicted octanol–water partition coefficient (Wildman–Crippen LogP) is 2.30. The summed E-state index contributed by atoms with van der Waals surface area (Å²) < 4.78 is 4.99. The van der Waals surface area contributed by atoms with Gasteiger partial charge in [-0.15, -0.1) is 0 Å². The van der Waals surface area contributed by atoms with Crippen LogP contribution in [0.25, 0.3) is 0 Å². The fraction of sp³-hybridized carbons (Fsp3) is 0.308. The second kappa shape index (κ2) is 5.67. The first-order chi connectivity index (χ1) is 8.12. The zero-order chi connectivity index (χ0) is 12.8. The minimum absolute atomic E-state index is 0.141. The van der Waals surface area contributed by atoms with Crippen LogP contribution in [0.2, 0.25) is 0 Å². The molecule has 1 atom stereocenters.